The van der Waals surface area contributed by atoms with Crippen LogP contribution in [0.2, 0.25) is 0 Å². The van der Waals surface area contributed by atoms with Gasteiger partial charge in [0.15, 0.2) is 0 Å². The maximum atomic E-state index is 12.5. The van der Waals surface area contributed by atoms with Gasteiger partial charge in [0, 0.05) is 24.7 Å². The van der Waals surface area contributed by atoms with Crippen molar-refractivity contribution in [1.29, 1.82) is 0 Å². The number of amides is 1. The third-order valence-electron chi connectivity index (χ3n) is 4.35. The van der Waals surface area contributed by atoms with Crippen molar-refractivity contribution in [3.8, 4) is 0 Å². The molecule has 0 unspecified atom stereocenters. The minimum atomic E-state index is -4.42. The van der Waals surface area contributed by atoms with Crippen molar-refractivity contribution < 1.29 is 23.1 Å². The highest BCUT2D eigenvalue weighted by molar-refractivity contribution is 5.66. The Balaban J connectivity index is 1.66. The number of carboxylic acid groups (broad SMARTS) is 1. The minimum absolute atomic E-state index is 0.0313. The molecule has 1 amide bonds. The first-order valence-corrected chi connectivity index (χ1v) is 6.98. The molecule has 0 radical (unpaired) electrons. The smallest absolute Gasteiger partial charge is 0.433 e. The summed E-state index contributed by atoms with van der Waals surface area (Å²) in [7, 11) is 0. The van der Waals surface area contributed by atoms with Gasteiger partial charge in [-0.25, -0.2) is 4.79 Å². The Labute approximate surface area is 125 Å². The number of hydrogen-bond donors (Lipinski definition) is 1. The number of carbonyl (C=O) groups is 1. The van der Waals surface area contributed by atoms with E-state index in [2.05, 4.69) is 4.98 Å². The summed E-state index contributed by atoms with van der Waals surface area (Å²) in [6.07, 6.45) is 0.365. The Bertz CT molecular complexity index is 617. The third kappa shape index (κ3) is 2.80. The summed E-state index contributed by atoms with van der Waals surface area (Å²) in [5.74, 6) is 0. The number of alkyl halides is 3. The fourth-order valence-electron chi connectivity index (χ4n) is 3.27. The maximum Gasteiger partial charge on any atom is 0.433 e. The number of aromatic nitrogens is 1. The Hall–Kier alpha value is -2.05. The molecule has 2 aliphatic rings. The van der Waals surface area contributed by atoms with Crippen LogP contribution in [0, 0.1) is 5.41 Å². The number of pyridine rings is 1. The van der Waals surface area contributed by atoms with Crippen molar-refractivity contribution in [2.45, 2.75) is 25.4 Å². The maximum absolute atomic E-state index is 12.5. The lowest BCUT2D eigenvalue weighted by Crippen LogP contribution is -2.56. The second-order valence-corrected chi connectivity index (χ2v) is 6.09. The van der Waals surface area contributed by atoms with Crippen molar-refractivity contribution in [3.05, 3.63) is 35.2 Å². The lowest BCUT2D eigenvalue weighted by molar-refractivity contribution is -0.141. The lowest BCUT2D eigenvalue weighted by atomic mass is 9.78. The topological polar surface area (TPSA) is 53.4 Å². The molecule has 1 N–H and O–H groups in total. The van der Waals surface area contributed by atoms with Gasteiger partial charge in [-0.3, -0.25) is 4.98 Å². The second kappa shape index (κ2) is 5.00. The number of nitrogens with zero attached hydrogens (tertiary/aromatic N) is 2. The van der Waals surface area contributed by atoms with E-state index in [4.69, 9.17) is 5.11 Å². The lowest BCUT2D eigenvalue weighted by Gasteiger charge is -2.46. The number of rotatable bonds is 1. The number of likely N-dealkylation sites (tertiary alicyclic amines) is 1. The van der Waals surface area contributed by atoms with E-state index in [9.17, 15) is 18.0 Å². The monoisotopic (exact) mass is 312 g/mol. The summed E-state index contributed by atoms with van der Waals surface area (Å²) in [5, 5.41) is 8.88. The van der Waals surface area contributed by atoms with Gasteiger partial charge in [-0.05, 0) is 30.9 Å². The van der Waals surface area contributed by atoms with E-state index in [1.54, 1.807) is 0 Å². The van der Waals surface area contributed by atoms with Crippen molar-refractivity contribution >= 4 is 12.2 Å². The van der Waals surface area contributed by atoms with Crippen LogP contribution in [0.1, 0.15) is 30.5 Å². The molecule has 1 aromatic rings. The molecule has 1 saturated carbocycles. The molecule has 4 nitrogen and oxygen atoms in total. The summed E-state index contributed by atoms with van der Waals surface area (Å²) >= 11 is 0. The first-order valence-electron chi connectivity index (χ1n) is 6.98. The quantitative estimate of drug-likeness (QED) is 0.861. The Morgan fingerprint density at radius 3 is 2.64 bits per heavy atom. The molecule has 22 heavy (non-hydrogen) atoms. The van der Waals surface area contributed by atoms with Crippen LogP contribution in [0.4, 0.5) is 18.0 Å². The summed E-state index contributed by atoms with van der Waals surface area (Å²) in [6.45, 7) is 1.09. The molecule has 1 aromatic heterocycles. The van der Waals surface area contributed by atoms with E-state index in [0.29, 0.717) is 18.7 Å². The fraction of sp³-hybridized carbons (Fsp3) is 0.467. The zero-order chi connectivity index (χ0) is 16.0. The molecule has 0 aromatic carbocycles. The average Bonchev–Trinajstić information content (AvgIpc) is 2.80. The predicted octanol–water partition coefficient (Wildman–Crippen LogP) is 3.65. The normalized spacial score (nSPS) is 22.1. The third-order valence-corrected chi connectivity index (χ3v) is 4.35. The fourth-order valence-corrected chi connectivity index (χ4v) is 3.27. The van der Waals surface area contributed by atoms with E-state index >= 15 is 0 Å². The van der Waals surface area contributed by atoms with Gasteiger partial charge in [0.05, 0.1) is 0 Å². The van der Waals surface area contributed by atoms with Crippen molar-refractivity contribution in [1.82, 2.24) is 9.88 Å². The van der Waals surface area contributed by atoms with Crippen LogP contribution in [0.3, 0.4) is 0 Å². The van der Waals surface area contributed by atoms with Gasteiger partial charge < -0.3 is 10.0 Å². The van der Waals surface area contributed by atoms with Crippen LogP contribution >= 0.6 is 0 Å². The zero-order valence-electron chi connectivity index (χ0n) is 11.7. The molecule has 7 heteroatoms. The van der Waals surface area contributed by atoms with E-state index in [1.807, 2.05) is 6.08 Å². The van der Waals surface area contributed by atoms with Gasteiger partial charge >= 0.3 is 12.3 Å². The molecular formula is C15H15F3N2O2. The van der Waals surface area contributed by atoms with Gasteiger partial charge in [-0.2, -0.15) is 13.2 Å². The van der Waals surface area contributed by atoms with Crippen LogP contribution in [0.5, 0.6) is 0 Å². The molecule has 0 atom stereocenters. The highest BCUT2D eigenvalue weighted by atomic mass is 19.4. The minimum Gasteiger partial charge on any atom is -0.465 e. The summed E-state index contributed by atoms with van der Waals surface area (Å²) < 4.78 is 37.4. The van der Waals surface area contributed by atoms with Crippen molar-refractivity contribution in [2.75, 3.05) is 13.1 Å². The van der Waals surface area contributed by atoms with E-state index in [0.717, 1.165) is 30.9 Å². The first-order chi connectivity index (χ1) is 10.3. The summed E-state index contributed by atoms with van der Waals surface area (Å²) in [5.41, 5.74) is 0.929. The van der Waals surface area contributed by atoms with Crippen LogP contribution in [-0.4, -0.2) is 34.2 Å². The number of hydrogen-bond acceptors (Lipinski definition) is 2. The van der Waals surface area contributed by atoms with Crippen LogP contribution in [0.25, 0.3) is 6.08 Å². The highest BCUT2D eigenvalue weighted by Gasteiger charge is 2.48. The molecular weight excluding hydrogens is 297 g/mol. The average molecular weight is 312 g/mol. The van der Waals surface area contributed by atoms with Crippen LogP contribution in [-0.2, 0) is 6.18 Å². The molecule has 0 bridgehead atoms. The van der Waals surface area contributed by atoms with Gasteiger partial charge in [0.2, 0.25) is 0 Å². The highest BCUT2D eigenvalue weighted by Crippen LogP contribution is 2.48. The van der Waals surface area contributed by atoms with Gasteiger partial charge in [-0.1, -0.05) is 17.7 Å². The summed E-state index contributed by atoms with van der Waals surface area (Å²) in [4.78, 5) is 15.7. The van der Waals surface area contributed by atoms with Crippen LogP contribution < -0.4 is 0 Å². The Morgan fingerprint density at radius 1 is 1.36 bits per heavy atom. The molecule has 118 valence electrons. The first kappa shape index (κ1) is 14.9. The van der Waals surface area contributed by atoms with Crippen LogP contribution in [0.15, 0.2) is 23.9 Å². The molecule has 1 spiro atoms. The largest absolute Gasteiger partial charge is 0.465 e. The SMILES string of the molecule is O=C(O)N1CC2(CC/C(=C/c3ccc(C(F)(F)F)nc3)C2)C1. The molecule has 1 aliphatic carbocycles. The molecule has 3 rings (SSSR count). The van der Waals surface area contributed by atoms with E-state index in [-0.39, 0.29) is 5.41 Å². The van der Waals surface area contributed by atoms with E-state index in [1.165, 1.54) is 17.2 Å². The molecule has 1 aliphatic heterocycles. The van der Waals surface area contributed by atoms with Gasteiger partial charge in [-0.15, -0.1) is 0 Å². The zero-order valence-corrected chi connectivity index (χ0v) is 11.7. The molecule has 2 heterocycles. The Morgan fingerprint density at radius 2 is 2.09 bits per heavy atom. The molecule has 2 fully saturated rings. The van der Waals surface area contributed by atoms with Gasteiger partial charge in [0.1, 0.15) is 5.69 Å². The van der Waals surface area contributed by atoms with Crippen molar-refractivity contribution in [2.24, 2.45) is 5.41 Å². The van der Waals surface area contributed by atoms with Gasteiger partial charge in [0.25, 0.3) is 0 Å². The van der Waals surface area contributed by atoms with Crippen molar-refractivity contribution in [3.63, 3.8) is 0 Å². The van der Waals surface area contributed by atoms with E-state index < -0.39 is 18.0 Å². The number of halogens is 3. The Kier molecular flexibility index (Phi) is 3.38. The summed E-state index contributed by atoms with van der Waals surface area (Å²) in [6, 6.07) is 2.39. The molecule has 1 saturated heterocycles. The number of allylic oxidation sites excluding steroid dienone is 1. The predicted molar refractivity (Wildman–Crippen MR) is 73.1 cm³/mol. The second-order valence-electron chi connectivity index (χ2n) is 6.09. The standard InChI is InChI=1S/C15H15F3N2O2/c16-15(17,18)12-2-1-11(7-19-12)5-10-3-4-14(6-10)8-20(9-14)13(21)22/h1-2,5,7H,3-4,6,8-9H2,(H,21,22)/b10-5-.